The Kier molecular flexibility index (Phi) is 7.11. The smallest absolute Gasteiger partial charge is 0.271 e. The third-order valence-electron chi connectivity index (χ3n) is 4.49. The average molecular weight is 419 g/mol. The van der Waals surface area contributed by atoms with Crippen molar-refractivity contribution in [1.82, 2.24) is 5.43 Å². The van der Waals surface area contributed by atoms with Gasteiger partial charge >= 0.3 is 0 Å². The van der Waals surface area contributed by atoms with E-state index in [-0.39, 0.29) is 12.5 Å². The largest absolute Gasteiger partial charge is 0.484 e. The highest BCUT2D eigenvalue weighted by molar-refractivity contribution is 6.01. The first-order valence-electron chi connectivity index (χ1n) is 9.61. The van der Waals surface area contributed by atoms with E-state index in [1.54, 1.807) is 31.2 Å². The van der Waals surface area contributed by atoms with Crippen LogP contribution in [-0.2, 0) is 4.79 Å². The van der Waals surface area contributed by atoms with Gasteiger partial charge in [0.15, 0.2) is 6.61 Å². The number of halogens is 1. The van der Waals surface area contributed by atoms with Gasteiger partial charge in [-0.15, -0.1) is 0 Å². The maximum Gasteiger partial charge on any atom is 0.271 e. The van der Waals surface area contributed by atoms with E-state index in [1.165, 1.54) is 24.3 Å². The molecular formula is C24H22FN3O3. The first-order valence-corrected chi connectivity index (χ1v) is 9.61. The fraction of sp³-hybridized carbons (Fsp3) is 0.125. The van der Waals surface area contributed by atoms with Crippen LogP contribution < -0.4 is 15.5 Å². The zero-order valence-corrected chi connectivity index (χ0v) is 17.2. The molecule has 0 aliphatic carbocycles. The second-order valence-electron chi connectivity index (χ2n) is 6.82. The molecule has 3 aromatic carbocycles. The zero-order chi connectivity index (χ0) is 22.2. The summed E-state index contributed by atoms with van der Waals surface area (Å²) in [5, 5.41) is 6.88. The summed E-state index contributed by atoms with van der Waals surface area (Å²) in [5.41, 5.74) is 5.83. The lowest BCUT2D eigenvalue weighted by atomic mass is 10.1. The van der Waals surface area contributed by atoms with E-state index >= 15 is 0 Å². The minimum absolute atomic E-state index is 0.117. The fourth-order valence-electron chi connectivity index (χ4n) is 2.71. The molecule has 0 aromatic heterocycles. The Bertz CT molecular complexity index is 1090. The number of aryl methyl sites for hydroxylation is 1. The Hall–Kier alpha value is -4.00. The summed E-state index contributed by atoms with van der Waals surface area (Å²) >= 11 is 0. The number of nitrogens with zero attached hydrogens (tertiary/aromatic N) is 1. The summed E-state index contributed by atoms with van der Waals surface area (Å²) in [6.07, 6.45) is 0. The van der Waals surface area contributed by atoms with Crippen molar-refractivity contribution < 1.29 is 18.7 Å². The normalized spacial score (nSPS) is 11.0. The maximum atomic E-state index is 12.9. The number of ether oxygens (including phenoxy) is 1. The van der Waals surface area contributed by atoms with Gasteiger partial charge in [0.25, 0.3) is 11.8 Å². The number of hydrogen-bond acceptors (Lipinski definition) is 4. The third kappa shape index (κ3) is 6.24. The van der Waals surface area contributed by atoms with E-state index in [0.29, 0.717) is 17.0 Å². The number of para-hydroxylation sites is 1. The van der Waals surface area contributed by atoms with Gasteiger partial charge in [-0.3, -0.25) is 9.59 Å². The number of benzene rings is 3. The number of rotatable bonds is 7. The number of anilines is 1. The van der Waals surface area contributed by atoms with Crippen LogP contribution in [0.3, 0.4) is 0 Å². The number of carbonyl (C=O) groups excluding carboxylic acids is 2. The van der Waals surface area contributed by atoms with Gasteiger partial charge in [0.1, 0.15) is 11.6 Å². The number of hydrogen-bond donors (Lipinski definition) is 2. The molecule has 0 fully saturated rings. The van der Waals surface area contributed by atoms with Gasteiger partial charge in [0, 0.05) is 11.3 Å². The molecule has 0 spiro atoms. The Morgan fingerprint density at radius 1 is 0.935 bits per heavy atom. The summed E-state index contributed by atoms with van der Waals surface area (Å²) in [5.74, 6) is -0.559. The Balaban J connectivity index is 1.52. The first kappa shape index (κ1) is 21.7. The van der Waals surface area contributed by atoms with Gasteiger partial charge < -0.3 is 10.1 Å². The molecule has 2 amide bonds. The molecule has 0 saturated carbocycles. The molecule has 3 aromatic rings. The topological polar surface area (TPSA) is 79.8 Å². The van der Waals surface area contributed by atoms with Crippen LogP contribution in [0.2, 0.25) is 0 Å². The van der Waals surface area contributed by atoms with Crippen LogP contribution in [0.4, 0.5) is 10.1 Å². The van der Waals surface area contributed by atoms with Crippen molar-refractivity contribution in [3.8, 4) is 5.75 Å². The van der Waals surface area contributed by atoms with E-state index < -0.39 is 11.7 Å². The summed E-state index contributed by atoms with van der Waals surface area (Å²) in [6.45, 7) is 3.55. The zero-order valence-electron chi connectivity index (χ0n) is 17.2. The van der Waals surface area contributed by atoms with Gasteiger partial charge in [0.2, 0.25) is 0 Å². The molecule has 31 heavy (non-hydrogen) atoms. The van der Waals surface area contributed by atoms with Crippen LogP contribution in [0.15, 0.2) is 77.9 Å². The quantitative estimate of drug-likeness (QED) is 0.443. The van der Waals surface area contributed by atoms with Crippen molar-refractivity contribution in [3.05, 3.63) is 95.3 Å². The van der Waals surface area contributed by atoms with E-state index in [0.717, 1.165) is 16.8 Å². The van der Waals surface area contributed by atoms with Crippen LogP contribution in [0.5, 0.6) is 5.75 Å². The summed E-state index contributed by atoms with van der Waals surface area (Å²) < 4.78 is 18.5. The molecule has 0 radical (unpaired) electrons. The highest BCUT2D eigenvalue weighted by Gasteiger charge is 2.07. The highest BCUT2D eigenvalue weighted by Crippen LogP contribution is 2.15. The molecule has 0 bridgehead atoms. The maximum absolute atomic E-state index is 12.9. The standard InChI is InChI=1S/C24H22FN3O3/c1-16-5-3-4-6-22(16)26-23(29)15-31-21-13-9-18(10-14-21)17(2)27-28-24(30)19-7-11-20(25)12-8-19/h3-14H,15H2,1-2H3,(H,26,29)(H,28,30)/b27-17-. The highest BCUT2D eigenvalue weighted by atomic mass is 19.1. The van der Waals surface area contributed by atoms with Gasteiger partial charge in [-0.1, -0.05) is 18.2 Å². The Morgan fingerprint density at radius 2 is 1.58 bits per heavy atom. The van der Waals surface area contributed by atoms with Crippen molar-refractivity contribution in [1.29, 1.82) is 0 Å². The van der Waals surface area contributed by atoms with Crippen LogP contribution >= 0.6 is 0 Å². The number of hydrazone groups is 1. The predicted molar refractivity (Wildman–Crippen MR) is 118 cm³/mol. The SMILES string of the molecule is C/C(=N/NC(=O)c1ccc(F)cc1)c1ccc(OCC(=O)Nc2ccccc2C)cc1. The van der Waals surface area contributed by atoms with Gasteiger partial charge in [-0.2, -0.15) is 5.10 Å². The van der Waals surface area contributed by atoms with E-state index in [1.807, 2.05) is 31.2 Å². The Morgan fingerprint density at radius 3 is 2.26 bits per heavy atom. The van der Waals surface area contributed by atoms with Crippen LogP contribution in [0, 0.1) is 12.7 Å². The second-order valence-corrected chi connectivity index (χ2v) is 6.82. The second kappa shape index (κ2) is 10.2. The van der Waals surface area contributed by atoms with Gasteiger partial charge in [-0.05, 0) is 79.6 Å². The molecule has 0 atom stereocenters. The number of amides is 2. The lowest BCUT2D eigenvalue weighted by Gasteiger charge is -2.10. The third-order valence-corrected chi connectivity index (χ3v) is 4.49. The Labute approximate surface area is 179 Å². The summed E-state index contributed by atoms with van der Waals surface area (Å²) in [4.78, 5) is 24.1. The molecule has 3 rings (SSSR count). The first-order chi connectivity index (χ1) is 14.9. The minimum atomic E-state index is -0.432. The molecule has 6 nitrogen and oxygen atoms in total. The number of carbonyl (C=O) groups is 2. The summed E-state index contributed by atoms with van der Waals surface area (Å²) in [6, 6.07) is 19.7. The summed E-state index contributed by atoms with van der Waals surface area (Å²) in [7, 11) is 0. The van der Waals surface area contributed by atoms with Crippen molar-refractivity contribution in [2.75, 3.05) is 11.9 Å². The molecule has 158 valence electrons. The van der Waals surface area contributed by atoms with Crippen molar-refractivity contribution in [2.45, 2.75) is 13.8 Å². The molecule has 0 heterocycles. The van der Waals surface area contributed by atoms with E-state index in [2.05, 4.69) is 15.8 Å². The van der Waals surface area contributed by atoms with Crippen molar-refractivity contribution in [3.63, 3.8) is 0 Å². The molecule has 0 unspecified atom stereocenters. The van der Waals surface area contributed by atoms with Crippen LogP contribution in [0.1, 0.15) is 28.4 Å². The molecule has 0 saturated heterocycles. The van der Waals surface area contributed by atoms with E-state index in [9.17, 15) is 14.0 Å². The molecular weight excluding hydrogens is 397 g/mol. The predicted octanol–water partition coefficient (Wildman–Crippen LogP) is 4.31. The van der Waals surface area contributed by atoms with Crippen molar-refractivity contribution in [2.24, 2.45) is 5.10 Å². The molecule has 7 heteroatoms. The monoisotopic (exact) mass is 419 g/mol. The van der Waals surface area contributed by atoms with Crippen LogP contribution in [0.25, 0.3) is 0 Å². The van der Waals surface area contributed by atoms with Gasteiger partial charge in [-0.25, -0.2) is 9.82 Å². The average Bonchev–Trinajstić information content (AvgIpc) is 2.78. The van der Waals surface area contributed by atoms with Crippen molar-refractivity contribution >= 4 is 23.2 Å². The van der Waals surface area contributed by atoms with Gasteiger partial charge in [0.05, 0.1) is 5.71 Å². The number of nitrogens with one attached hydrogen (secondary N) is 2. The lowest BCUT2D eigenvalue weighted by molar-refractivity contribution is -0.118. The van der Waals surface area contributed by atoms with E-state index in [4.69, 9.17) is 4.74 Å². The molecule has 0 aliphatic heterocycles. The van der Waals surface area contributed by atoms with Crippen LogP contribution in [-0.4, -0.2) is 24.1 Å². The minimum Gasteiger partial charge on any atom is -0.484 e. The molecule has 2 N–H and O–H groups in total. The molecule has 0 aliphatic rings. The lowest BCUT2D eigenvalue weighted by Crippen LogP contribution is -2.20. The fourth-order valence-corrected chi connectivity index (χ4v) is 2.71.